The molecule has 0 radical (unpaired) electrons. The summed E-state index contributed by atoms with van der Waals surface area (Å²) in [5.74, 6) is 1.46. The van der Waals surface area contributed by atoms with E-state index in [4.69, 9.17) is 11.6 Å². The van der Waals surface area contributed by atoms with Crippen molar-refractivity contribution in [1.29, 1.82) is 0 Å². The molecule has 74 valence electrons. The fourth-order valence-electron chi connectivity index (χ4n) is 1.53. The van der Waals surface area contributed by atoms with Crippen LogP contribution >= 0.6 is 11.6 Å². The van der Waals surface area contributed by atoms with Gasteiger partial charge in [-0.1, -0.05) is 13.3 Å². The molecule has 1 aromatic rings. The largest absolute Gasteiger partial charge is 0.357 e. The summed E-state index contributed by atoms with van der Waals surface area (Å²) < 4.78 is 2.10. The van der Waals surface area contributed by atoms with Crippen molar-refractivity contribution in [1.82, 2.24) is 4.57 Å². The minimum absolute atomic E-state index is 0.671. The molecule has 0 N–H and O–H groups in total. The lowest BCUT2D eigenvalue weighted by Crippen LogP contribution is -1.92. The van der Waals surface area contributed by atoms with Crippen LogP contribution in [0.3, 0.4) is 0 Å². The molecule has 13 heavy (non-hydrogen) atoms. The van der Waals surface area contributed by atoms with E-state index in [9.17, 15) is 0 Å². The van der Waals surface area contributed by atoms with E-state index >= 15 is 0 Å². The maximum absolute atomic E-state index is 5.63. The Balaban J connectivity index is 2.35. The van der Waals surface area contributed by atoms with Gasteiger partial charge in [-0.15, -0.1) is 11.6 Å². The first kappa shape index (κ1) is 10.6. The molecule has 0 spiro atoms. The molecule has 1 aromatic heterocycles. The van der Waals surface area contributed by atoms with Crippen LogP contribution in [0.1, 0.15) is 37.7 Å². The molecule has 0 aromatic carbocycles. The summed E-state index contributed by atoms with van der Waals surface area (Å²) in [5, 5.41) is 0. The van der Waals surface area contributed by atoms with E-state index in [0.29, 0.717) is 5.92 Å². The second-order valence-electron chi connectivity index (χ2n) is 3.70. The molecule has 0 aliphatic rings. The van der Waals surface area contributed by atoms with Crippen molar-refractivity contribution in [3.63, 3.8) is 0 Å². The van der Waals surface area contributed by atoms with Crippen LogP contribution < -0.4 is 0 Å². The summed E-state index contributed by atoms with van der Waals surface area (Å²) in [6, 6.07) is 2.20. The number of hydrogen-bond acceptors (Lipinski definition) is 0. The number of aromatic nitrogens is 1. The Bertz CT molecular complexity index is 242. The minimum Gasteiger partial charge on any atom is -0.357 e. The van der Waals surface area contributed by atoms with Gasteiger partial charge in [0, 0.05) is 25.3 Å². The smallest absolute Gasteiger partial charge is 0.0223 e. The van der Waals surface area contributed by atoms with Crippen LogP contribution in [0.2, 0.25) is 0 Å². The molecule has 1 nitrogen and oxygen atoms in total. The van der Waals surface area contributed by atoms with Gasteiger partial charge in [0.05, 0.1) is 0 Å². The molecule has 0 aliphatic heterocycles. The number of nitrogens with zero attached hydrogens (tertiary/aromatic N) is 1. The standard InChI is InChI=1S/C11H18ClN/c1-10(5-3-4-7-12)11-6-8-13(2)9-11/h6,8-10H,3-5,7H2,1-2H3. The first-order chi connectivity index (χ1) is 6.24. The zero-order chi connectivity index (χ0) is 9.68. The predicted octanol–water partition coefficient (Wildman–Crippen LogP) is 3.54. The fourth-order valence-corrected chi connectivity index (χ4v) is 1.72. The molecular weight excluding hydrogens is 182 g/mol. The van der Waals surface area contributed by atoms with Crippen LogP contribution in [-0.4, -0.2) is 10.4 Å². The van der Waals surface area contributed by atoms with Crippen LogP contribution in [-0.2, 0) is 7.05 Å². The van der Waals surface area contributed by atoms with Crippen molar-refractivity contribution in [2.75, 3.05) is 5.88 Å². The number of hydrogen-bond donors (Lipinski definition) is 0. The maximum atomic E-state index is 5.63. The van der Waals surface area contributed by atoms with E-state index in [2.05, 4.69) is 37.0 Å². The minimum atomic E-state index is 0.671. The Morgan fingerprint density at radius 3 is 2.77 bits per heavy atom. The Labute approximate surface area is 85.7 Å². The average Bonchev–Trinajstić information content (AvgIpc) is 2.52. The number of alkyl halides is 1. The van der Waals surface area contributed by atoms with Crippen molar-refractivity contribution in [2.24, 2.45) is 7.05 Å². The van der Waals surface area contributed by atoms with E-state index in [0.717, 1.165) is 12.3 Å². The SMILES string of the molecule is CC(CCCCCl)c1ccn(C)c1. The van der Waals surface area contributed by atoms with E-state index in [1.54, 1.807) is 0 Å². The summed E-state index contributed by atoms with van der Waals surface area (Å²) in [4.78, 5) is 0. The van der Waals surface area contributed by atoms with Crippen LogP contribution in [0.4, 0.5) is 0 Å². The summed E-state index contributed by atoms with van der Waals surface area (Å²) >= 11 is 5.63. The van der Waals surface area contributed by atoms with Crippen LogP contribution in [0.25, 0.3) is 0 Å². The Kier molecular flexibility index (Phi) is 4.37. The molecule has 1 rings (SSSR count). The van der Waals surface area contributed by atoms with Crippen LogP contribution in [0.15, 0.2) is 18.5 Å². The average molecular weight is 200 g/mol. The van der Waals surface area contributed by atoms with Gasteiger partial charge in [-0.2, -0.15) is 0 Å². The number of aryl methyl sites for hydroxylation is 1. The Morgan fingerprint density at radius 1 is 1.46 bits per heavy atom. The quantitative estimate of drug-likeness (QED) is 0.505. The van der Waals surface area contributed by atoms with Crippen molar-refractivity contribution < 1.29 is 0 Å². The summed E-state index contributed by atoms with van der Waals surface area (Å²) in [6.45, 7) is 2.28. The Morgan fingerprint density at radius 2 is 2.23 bits per heavy atom. The monoisotopic (exact) mass is 199 g/mol. The highest BCUT2D eigenvalue weighted by molar-refractivity contribution is 6.17. The molecule has 0 saturated heterocycles. The van der Waals surface area contributed by atoms with E-state index in [1.165, 1.54) is 18.4 Å². The molecule has 0 aliphatic carbocycles. The molecule has 1 unspecified atom stereocenters. The molecule has 0 fully saturated rings. The van der Waals surface area contributed by atoms with Gasteiger partial charge in [0.25, 0.3) is 0 Å². The van der Waals surface area contributed by atoms with Crippen LogP contribution in [0, 0.1) is 0 Å². The topological polar surface area (TPSA) is 4.93 Å². The summed E-state index contributed by atoms with van der Waals surface area (Å²) in [7, 11) is 2.06. The highest BCUT2D eigenvalue weighted by Crippen LogP contribution is 2.21. The van der Waals surface area contributed by atoms with Gasteiger partial charge < -0.3 is 4.57 Å². The first-order valence-electron chi connectivity index (χ1n) is 4.92. The van der Waals surface area contributed by atoms with E-state index in [1.807, 2.05) is 0 Å². The predicted molar refractivity (Wildman–Crippen MR) is 58.4 cm³/mol. The summed E-state index contributed by atoms with van der Waals surface area (Å²) in [5.41, 5.74) is 1.44. The second kappa shape index (κ2) is 5.33. The highest BCUT2D eigenvalue weighted by atomic mass is 35.5. The van der Waals surface area contributed by atoms with Gasteiger partial charge >= 0.3 is 0 Å². The van der Waals surface area contributed by atoms with Crippen molar-refractivity contribution in [3.05, 3.63) is 24.0 Å². The highest BCUT2D eigenvalue weighted by Gasteiger charge is 2.05. The number of halogens is 1. The molecule has 0 bridgehead atoms. The van der Waals surface area contributed by atoms with Gasteiger partial charge in [-0.05, 0) is 30.4 Å². The third-order valence-corrected chi connectivity index (χ3v) is 2.71. The van der Waals surface area contributed by atoms with Gasteiger partial charge in [0.1, 0.15) is 0 Å². The van der Waals surface area contributed by atoms with Gasteiger partial charge in [0.2, 0.25) is 0 Å². The fraction of sp³-hybridized carbons (Fsp3) is 0.636. The normalized spacial score (nSPS) is 13.2. The van der Waals surface area contributed by atoms with Gasteiger partial charge in [-0.25, -0.2) is 0 Å². The van der Waals surface area contributed by atoms with Gasteiger partial charge in [-0.3, -0.25) is 0 Å². The lowest BCUT2D eigenvalue weighted by Gasteiger charge is -2.08. The maximum Gasteiger partial charge on any atom is 0.0223 e. The van der Waals surface area contributed by atoms with Crippen LogP contribution in [0.5, 0.6) is 0 Å². The van der Waals surface area contributed by atoms with Gasteiger partial charge in [0.15, 0.2) is 0 Å². The molecule has 0 saturated carbocycles. The number of rotatable bonds is 5. The van der Waals surface area contributed by atoms with Crippen molar-refractivity contribution >= 4 is 11.6 Å². The zero-order valence-corrected chi connectivity index (χ0v) is 9.22. The summed E-state index contributed by atoms with van der Waals surface area (Å²) in [6.07, 6.45) is 7.92. The third kappa shape index (κ3) is 3.43. The molecule has 1 heterocycles. The van der Waals surface area contributed by atoms with E-state index in [-0.39, 0.29) is 0 Å². The third-order valence-electron chi connectivity index (χ3n) is 2.44. The molecule has 1 atom stereocenters. The first-order valence-corrected chi connectivity index (χ1v) is 5.45. The molecular formula is C11H18ClN. The molecule has 0 amide bonds. The lowest BCUT2D eigenvalue weighted by atomic mass is 9.98. The Hall–Kier alpha value is -0.430. The zero-order valence-electron chi connectivity index (χ0n) is 8.46. The van der Waals surface area contributed by atoms with Crippen molar-refractivity contribution in [2.45, 2.75) is 32.1 Å². The molecule has 2 heteroatoms. The second-order valence-corrected chi connectivity index (χ2v) is 4.07. The number of unbranched alkanes of at least 4 members (excludes halogenated alkanes) is 1. The lowest BCUT2D eigenvalue weighted by molar-refractivity contribution is 0.625. The van der Waals surface area contributed by atoms with E-state index < -0.39 is 0 Å². The van der Waals surface area contributed by atoms with Crippen molar-refractivity contribution in [3.8, 4) is 0 Å².